The van der Waals surface area contributed by atoms with Crippen molar-refractivity contribution in [2.24, 2.45) is 0 Å². The molecule has 0 saturated heterocycles. The van der Waals surface area contributed by atoms with Crippen LogP contribution in [0.3, 0.4) is 0 Å². The number of ether oxygens (including phenoxy) is 1. The van der Waals surface area contributed by atoms with Gasteiger partial charge in [-0.15, -0.1) is 0 Å². The highest BCUT2D eigenvalue weighted by molar-refractivity contribution is 5.94. The first-order valence-corrected chi connectivity index (χ1v) is 9.53. The summed E-state index contributed by atoms with van der Waals surface area (Å²) >= 11 is 0. The van der Waals surface area contributed by atoms with E-state index >= 15 is 0 Å². The molecule has 0 unspecified atom stereocenters. The molecule has 0 radical (unpaired) electrons. The number of amides is 1. The van der Waals surface area contributed by atoms with Crippen LogP contribution in [0.2, 0.25) is 0 Å². The maximum absolute atomic E-state index is 12.7. The predicted molar refractivity (Wildman–Crippen MR) is 110 cm³/mol. The topological polar surface area (TPSA) is 47.4 Å². The van der Waals surface area contributed by atoms with Crippen molar-refractivity contribution in [2.75, 3.05) is 7.05 Å². The average molecular weight is 377 g/mol. The molecule has 3 aromatic rings. The zero-order chi connectivity index (χ0) is 20.1. The van der Waals surface area contributed by atoms with Crippen LogP contribution in [-0.4, -0.2) is 27.6 Å². The van der Waals surface area contributed by atoms with Crippen molar-refractivity contribution >= 4 is 5.91 Å². The Bertz CT molecular complexity index is 924. The van der Waals surface area contributed by atoms with Gasteiger partial charge >= 0.3 is 0 Å². The van der Waals surface area contributed by atoms with Crippen molar-refractivity contribution < 1.29 is 9.53 Å². The van der Waals surface area contributed by atoms with E-state index in [0.29, 0.717) is 18.7 Å². The lowest BCUT2D eigenvalue weighted by atomic mass is 10.1. The third-order valence-electron chi connectivity index (χ3n) is 4.84. The second kappa shape index (κ2) is 8.74. The number of rotatable bonds is 7. The number of carbonyl (C=O) groups excluding carboxylic acids is 1. The van der Waals surface area contributed by atoms with E-state index in [1.165, 1.54) is 0 Å². The minimum atomic E-state index is -0.00827. The number of aryl methyl sites for hydroxylation is 3. The number of para-hydroxylation sites is 1. The molecule has 0 saturated carbocycles. The quantitative estimate of drug-likeness (QED) is 0.614. The molecule has 1 heterocycles. The molecule has 0 bridgehead atoms. The van der Waals surface area contributed by atoms with E-state index in [2.05, 4.69) is 5.10 Å². The van der Waals surface area contributed by atoms with Crippen LogP contribution in [-0.2, 0) is 19.7 Å². The van der Waals surface area contributed by atoms with Crippen molar-refractivity contribution in [1.29, 1.82) is 0 Å². The van der Waals surface area contributed by atoms with Gasteiger partial charge in [0.2, 0.25) is 0 Å². The lowest BCUT2D eigenvalue weighted by Gasteiger charge is -2.18. The largest absolute Gasteiger partial charge is 0.488 e. The van der Waals surface area contributed by atoms with Gasteiger partial charge in [-0.1, -0.05) is 30.3 Å². The van der Waals surface area contributed by atoms with Crippen molar-refractivity contribution in [3.8, 4) is 5.75 Å². The van der Waals surface area contributed by atoms with Gasteiger partial charge in [-0.2, -0.15) is 5.10 Å². The first-order valence-electron chi connectivity index (χ1n) is 9.53. The van der Waals surface area contributed by atoms with Crippen LogP contribution in [0, 0.1) is 13.8 Å². The van der Waals surface area contributed by atoms with Crippen molar-refractivity contribution in [2.45, 2.75) is 40.5 Å². The summed E-state index contributed by atoms with van der Waals surface area (Å²) in [4.78, 5) is 14.4. The molecular formula is C23H27N3O2. The summed E-state index contributed by atoms with van der Waals surface area (Å²) in [5.41, 5.74) is 4.98. The fraction of sp³-hybridized carbons (Fsp3) is 0.304. The minimum Gasteiger partial charge on any atom is -0.488 e. The first-order chi connectivity index (χ1) is 13.5. The number of carbonyl (C=O) groups is 1. The summed E-state index contributed by atoms with van der Waals surface area (Å²) in [6.07, 6.45) is 1.77. The summed E-state index contributed by atoms with van der Waals surface area (Å²) in [7, 11) is 1.81. The average Bonchev–Trinajstić information content (AvgIpc) is 3.14. The Kier molecular flexibility index (Phi) is 6.14. The van der Waals surface area contributed by atoms with Gasteiger partial charge in [-0.25, -0.2) is 0 Å². The monoisotopic (exact) mass is 377 g/mol. The second-order valence-electron chi connectivity index (χ2n) is 7.01. The van der Waals surface area contributed by atoms with Crippen LogP contribution in [0.5, 0.6) is 5.75 Å². The van der Waals surface area contributed by atoms with Gasteiger partial charge in [-0.05, 0) is 55.7 Å². The third-order valence-corrected chi connectivity index (χ3v) is 4.84. The maximum atomic E-state index is 12.7. The second-order valence-corrected chi connectivity index (χ2v) is 7.01. The Morgan fingerprint density at radius 1 is 1.07 bits per heavy atom. The van der Waals surface area contributed by atoms with Crippen LogP contribution < -0.4 is 4.74 Å². The van der Waals surface area contributed by atoms with Crippen LogP contribution in [0.1, 0.15) is 39.7 Å². The van der Waals surface area contributed by atoms with E-state index in [-0.39, 0.29) is 5.91 Å². The molecule has 2 aromatic carbocycles. The Labute approximate surface area is 166 Å². The molecule has 5 nitrogen and oxygen atoms in total. The van der Waals surface area contributed by atoms with E-state index in [9.17, 15) is 4.79 Å². The normalized spacial score (nSPS) is 10.7. The first kappa shape index (κ1) is 19.7. The van der Waals surface area contributed by atoms with Gasteiger partial charge in [0.1, 0.15) is 12.4 Å². The highest BCUT2D eigenvalue weighted by Crippen LogP contribution is 2.23. The third kappa shape index (κ3) is 4.42. The summed E-state index contributed by atoms with van der Waals surface area (Å²) in [6.45, 7) is 7.93. The molecule has 0 aliphatic carbocycles. The molecule has 0 aliphatic rings. The molecule has 0 aliphatic heterocycles. The highest BCUT2D eigenvalue weighted by Gasteiger charge is 2.14. The highest BCUT2D eigenvalue weighted by atomic mass is 16.5. The van der Waals surface area contributed by atoms with Gasteiger partial charge in [0.15, 0.2) is 0 Å². The zero-order valence-corrected chi connectivity index (χ0v) is 17.0. The van der Waals surface area contributed by atoms with E-state index in [1.807, 2.05) is 81.0 Å². The van der Waals surface area contributed by atoms with E-state index in [0.717, 1.165) is 34.7 Å². The van der Waals surface area contributed by atoms with Gasteiger partial charge in [0, 0.05) is 25.4 Å². The lowest BCUT2D eigenvalue weighted by molar-refractivity contribution is 0.0781. The molecule has 0 spiro atoms. The van der Waals surface area contributed by atoms with Crippen LogP contribution in [0.4, 0.5) is 0 Å². The standard InChI is InChI=1S/C23H27N3O2/c1-5-26-21(13-14-24-26)15-25(4)23(27)20-11-9-19(10-12-20)16-28-22-17(2)7-6-8-18(22)3/h6-14H,5,15-16H2,1-4H3. The zero-order valence-electron chi connectivity index (χ0n) is 17.0. The smallest absolute Gasteiger partial charge is 0.253 e. The van der Waals surface area contributed by atoms with Gasteiger partial charge in [0.05, 0.1) is 12.2 Å². The summed E-state index contributed by atoms with van der Waals surface area (Å²) in [5, 5.41) is 4.25. The molecule has 0 N–H and O–H groups in total. The molecule has 1 amide bonds. The maximum Gasteiger partial charge on any atom is 0.253 e. The molecule has 5 heteroatoms. The Hall–Kier alpha value is -3.08. The molecule has 1 aromatic heterocycles. The Balaban J connectivity index is 1.62. The molecule has 0 atom stereocenters. The molecule has 0 fully saturated rings. The van der Waals surface area contributed by atoms with Crippen LogP contribution >= 0.6 is 0 Å². The number of aromatic nitrogens is 2. The number of benzene rings is 2. The lowest BCUT2D eigenvalue weighted by Crippen LogP contribution is -2.27. The summed E-state index contributed by atoms with van der Waals surface area (Å²) in [5.74, 6) is 0.918. The molecule has 3 rings (SSSR count). The fourth-order valence-corrected chi connectivity index (χ4v) is 3.24. The predicted octanol–water partition coefficient (Wildman–Crippen LogP) is 4.37. The van der Waals surface area contributed by atoms with Crippen molar-refractivity contribution in [3.63, 3.8) is 0 Å². The van der Waals surface area contributed by atoms with Gasteiger partial charge in [-0.3, -0.25) is 9.48 Å². The summed E-state index contributed by atoms with van der Waals surface area (Å²) < 4.78 is 7.89. The minimum absolute atomic E-state index is 0.00827. The van der Waals surface area contributed by atoms with Crippen molar-refractivity contribution in [3.05, 3.63) is 82.7 Å². The Morgan fingerprint density at radius 2 is 1.75 bits per heavy atom. The number of hydrogen-bond donors (Lipinski definition) is 0. The van der Waals surface area contributed by atoms with Crippen molar-refractivity contribution in [1.82, 2.24) is 14.7 Å². The van der Waals surface area contributed by atoms with E-state index in [1.54, 1.807) is 11.1 Å². The number of hydrogen-bond acceptors (Lipinski definition) is 3. The molecule has 146 valence electrons. The number of nitrogens with zero attached hydrogens (tertiary/aromatic N) is 3. The van der Waals surface area contributed by atoms with E-state index < -0.39 is 0 Å². The van der Waals surface area contributed by atoms with Crippen LogP contribution in [0.15, 0.2) is 54.7 Å². The Morgan fingerprint density at radius 3 is 2.39 bits per heavy atom. The summed E-state index contributed by atoms with van der Waals surface area (Å²) in [6, 6.07) is 15.7. The van der Waals surface area contributed by atoms with Gasteiger partial charge < -0.3 is 9.64 Å². The fourth-order valence-electron chi connectivity index (χ4n) is 3.24. The SMILES string of the molecule is CCn1nccc1CN(C)C(=O)c1ccc(COc2c(C)cccc2C)cc1. The molecular weight excluding hydrogens is 350 g/mol. The van der Waals surface area contributed by atoms with E-state index in [4.69, 9.17) is 4.74 Å². The van der Waals surface area contributed by atoms with Gasteiger partial charge in [0.25, 0.3) is 5.91 Å². The van der Waals surface area contributed by atoms with Crippen LogP contribution in [0.25, 0.3) is 0 Å². The molecule has 28 heavy (non-hydrogen) atoms.